The normalized spacial score (nSPS) is 11.1. The van der Waals surface area contributed by atoms with Gasteiger partial charge in [-0.1, -0.05) is 42.0 Å². The molecule has 0 amide bonds. The fourth-order valence-electron chi connectivity index (χ4n) is 3.44. The molecule has 4 heteroatoms. The summed E-state index contributed by atoms with van der Waals surface area (Å²) in [6.07, 6.45) is 1.78. The number of ether oxygens (including phenoxy) is 1. The molecule has 0 unspecified atom stereocenters. The van der Waals surface area contributed by atoms with Crippen LogP contribution in [0, 0.1) is 26.6 Å². The van der Waals surface area contributed by atoms with Crippen molar-refractivity contribution in [1.82, 2.24) is 9.55 Å². The van der Waals surface area contributed by atoms with Crippen LogP contribution in [0.3, 0.4) is 0 Å². The minimum atomic E-state index is -0.242. The Morgan fingerprint density at radius 2 is 1.57 bits per heavy atom. The number of rotatable bonds is 5. The SMILES string of the molecule is Cc1ccc(Cn2c(C)c(C)c3nccc(OCc4ccc(F)cc4)c32)cc1. The highest BCUT2D eigenvalue weighted by atomic mass is 19.1. The molecular weight excluding hydrogens is 351 g/mol. The van der Waals surface area contributed by atoms with Gasteiger partial charge in [-0.25, -0.2) is 4.39 Å². The predicted octanol–water partition coefficient (Wildman–Crippen LogP) is 5.73. The Hall–Kier alpha value is -3.14. The van der Waals surface area contributed by atoms with Gasteiger partial charge in [-0.3, -0.25) is 4.98 Å². The van der Waals surface area contributed by atoms with Crippen molar-refractivity contribution in [3.8, 4) is 5.75 Å². The van der Waals surface area contributed by atoms with E-state index in [9.17, 15) is 4.39 Å². The van der Waals surface area contributed by atoms with Gasteiger partial charge in [0.05, 0.1) is 5.52 Å². The van der Waals surface area contributed by atoms with Gasteiger partial charge < -0.3 is 9.30 Å². The van der Waals surface area contributed by atoms with Crippen LogP contribution in [0.1, 0.15) is 27.9 Å². The van der Waals surface area contributed by atoms with Gasteiger partial charge in [0.2, 0.25) is 0 Å². The van der Waals surface area contributed by atoms with Crippen LogP contribution in [0.5, 0.6) is 5.75 Å². The molecule has 0 saturated heterocycles. The van der Waals surface area contributed by atoms with Gasteiger partial charge >= 0.3 is 0 Å². The molecule has 2 aromatic carbocycles. The first kappa shape index (κ1) is 18.2. The number of halogens is 1. The third-order valence-electron chi connectivity index (χ3n) is 5.23. The zero-order valence-corrected chi connectivity index (χ0v) is 16.4. The van der Waals surface area contributed by atoms with E-state index in [1.54, 1.807) is 18.3 Å². The molecule has 0 N–H and O–H groups in total. The van der Waals surface area contributed by atoms with Gasteiger partial charge in [0.25, 0.3) is 0 Å². The minimum absolute atomic E-state index is 0.242. The van der Waals surface area contributed by atoms with Crippen molar-refractivity contribution in [1.29, 1.82) is 0 Å². The van der Waals surface area contributed by atoms with Crippen molar-refractivity contribution in [2.75, 3.05) is 0 Å². The van der Waals surface area contributed by atoms with Crippen molar-refractivity contribution in [3.05, 3.63) is 94.6 Å². The fraction of sp³-hybridized carbons (Fsp3) is 0.208. The summed E-state index contributed by atoms with van der Waals surface area (Å²) in [6.45, 7) is 7.45. The smallest absolute Gasteiger partial charge is 0.147 e. The summed E-state index contributed by atoms with van der Waals surface area (Å²) in [5, 5.41) is 0. The second-order valence-electron chi connectivity index (χ2n) is 7.20. The van der Waals surface area contributed by atoms with Crippen molar-refractivity contribution < 1.29 is 9.13 Å². The standard InChI is InChI=1S/C24H23FN2O/c1-16-4-6-19(7-5-16)14-27-18(3)17(2)23-24(27)22(12-13-26-23)28-15-20-8-10-21(25)11-9-20/h4-13H,14-15H2,1-3H3. The van der Waals surface area contributed by atoms with E-state index < -0.39 is 0 Å². The van der Waals surface area contributed by atoms with Gasteiger partial charge in [0, 0.05) is 24.5 Å². The maximum atomic E-state index is 13.1. The molecule has 0 aliphatic rings. The summed E-state index contributed by atoms with van der Waals surface area (Å²) in [5.74, 6) is 0.547. The molecule has 0 radical (unpaired) electrons. The lowest BCUT2D eigenvalue weighted by atomic mass is 10.1. The number of hydrogen-bond acceptors (Lipinski definition) is 2. The summed E-state index contributed by atoms with van der Waals surface area (Å²) < 4.78 is 21.5. The Morgan fingerprint density at radius 1 is 0.893 bits per heavy atom. The Bertz CT molecular complexity index is 1110. The van der Waals surface area contributed by atoms with Crippen LogP contribution in [0.2, 0.25) is 0 Å². The first-order valence-corrected chi connectivity index (χ1v) is 9.40. The number of aryl methyl sites for hydroxylation is 2. The molecule has 0 fully saturated rings. The van der Waals surface area contributed by atoms with E-state index in [0.29, 0.717) is 6.61 Å². The van der Waals surface area contributed by atoms with E-state index in [-0.39, 0.29) is 5.82 Å². The van der Waals surface area contributed by atoms with Crippen molar-refractivity contribution >= 4 is 11.0 Å². The Morgan fingerprint density at radius 3 is 2.29 bits per heavy atom. The Balaban J connectivity index is 1.71. The highest BCUT2D eigenvalue weighted by Crippen LogP contribution is 2.32. The number of nitrogens with zero attached hydrogens (tertiary/aromatic N) is 2. The average molecular weight is 374 g/mol. The quantitative estimate of drug-likeness (QED) is 0.446. The number of fused-ring (bicyclic) bond motifs is 1. The van der Waals surface area contributed by atoms with E-state index in [0.717, 1.165) is 34.5 Å². The summed E-state index contributed by atoms with van der Waals surface area (Å²) in [7, 11) is 0. The first-order chi connectivity index (χ1) is 13.5. The van der Waals surface area contributed by atoms with Crippen LogP contribution in [0.25, 0.3) is 11.0 Å². The zero-order valence-electron chi connectivity index (χ0n) is 16.4. The molecule has 0 bridgehead atoms. The van der Waals surface area contributed by atoms with E-state index in [4.69, 9.17) is 4.74 Å². The summed E-state index contributed by atoms with van der Waals surface area (Å²) in [5.41, 5.74) is 7.71. The molecular formula is C24H23FN2O. The summed E-state index contributed by atoms with van der Waals surface area (Å²) in [6, 6.07) is 16.9. The minimum Gasteiger partial charge on any atom is -0.487 e. The molecule has 0 atom stereocenters. The van der Waals surface area contributed by atoms with Gasteiger partial charge in [-0.2, -0.15) is 0 Å². The Labute approximate surface area is 164 Å². The zero-order chi connectivity index (χ0) is 19.7. The lowest BCUT2D eigenvalue weighted by molar-refractivity contribution is 0.308. The van der Waals surface area contributed by atoms with Gasteiger partial charge in [-0.05, 0) is 49.6 Å². The van der Waals surface area contributed by atoms with E-state index >= 15 is 0 Å². The molecule has 28 heavy (non-hydrogen) atoms. The first-order valence-electron chi connectivity index (χ1n) is 9.40. The third kappa shape index (κ3) is 3.50. The molecule has 4 aromatic rings. The third-order valence-corrected chi connectivity index (χ3v) is 5.23. The molecule has 0 aliphatic heterocycles. The molecule has 0 saturated carbocycles. The van der Waals surface area contributed by atoms with Crippen molar-refractivity contribution in [3.63, 3.8) is 0 Å². The fourth-order valence-corrected chi connectivity index (χ4v) is 3.44. The highest BCUT2D eigenvalue weighted by molar-refractivity contribution is 5.86. The monoisotopic (exact) mass is 374 g/mol. The average Bonchev–Trinajstić information content (AvgIpc) is 2.95. The molecule has 142 valence electrons. The van der Waals surface area contributed by atoms with E-state index in [1.807, 2.05) is 6.07 Å². The Kier molecular flexibility index (Phi) is 4.86. The molecule has 0 spiro atoms. The lowest BCUT2D eigenvalue weighted by Gasteiger charge is -2.13. The summed E-state index contributed by atoms with van der Waals surface area (Å²) in [4.78, 5) is 4.59. The molecule has 4 rings (SSSR count). The maximum absolute atomic E-state index is 13.1. The van der Waals surface area contributed by atoms with E-state index in [2.05, 4.69) is 54.6 Å². The molecule has 2 heterocycles. The number of aromatic nitrogens is 2. The van der Waals surface area contributed by atoms with Crippen molar-refractivity contribution in [2.24, 2.45) is 0 Å². The molecule has 3 nitrogen and oxygen atoms in total. The van der Waals surface area contributed by atoms with E-state index in [1.165, 1.54) is 29.0 Å². The maximum Gasteiger partial charge on any atom is 0.147 e. The van der Waals surface area contributed by atoms with Gasteiger partial charge in [-0.15, -0.1) is 0 Å². The predicted molar refractivity (Wildman–Crippen MR) is 110 cm³/mol. The van der Waals surface area contributed by atoms with Crippen LogP contribution in [-0.4, -0.2) is 9.55 Å². The van der Waals surface area contributed by atoms with Crippen LogP contribution in [-0.2, 0) is 13.2 Å². The highest BCUT2D eigenvalue weighted by Gasteiger charge is 2.16. The van der Waals surface area contributed by atoms with Crippen molar-refractivity contribution in [2.45, 2.75) is 33.9 Å². The van der Waals surface area contributed by atoms with Crippen LogP contribution in [0.4, 0.5) is 4.39 Å². The largest absolute Gasteiger partial charge is 0.487 e. The van der Waals surface area contributed by atoms with Gasteiger partial charge in [0.1, 0.15) is 23.7 Å². The number of pyridine rings is 1. The second kappa shape index (κ2) is 7.47. The molecule has 0 aliphatic carbocycles. The number of hydrogen-bond donors (Lipinski definition) is 0. The second-order valence-corrected chi connectivity index (χ2v) is 7.20. The topological polar surface area (TPSA) is 27.1 Å². The van der Waals surface area contributed by atoms with Crippen LogP contribution < -0.4 is 4.74 Å². The number of benzene rings is 2. The van der Waals surface area contributed by atoms with Crippen LogP contribution in [0.15, 0.2) is 60.8 Å². The van der Waals surface area contributed by atoms with Gasteiger partial charge in [0.15, 0.2) is 0 Å². The molecule has 2 aromatic heterocycles. The lowest BCUT2D eigenvalue weighted by Crippen LogP contribution is -2.04. The summed E-state index contributed by atoms with van der Waals surface area (Å²) >= 11 is 0. The van der Waals surface area contributed by atoms with Crippen LogP contribution >= 0.6 is 0 Å².